The molecule has 1 heterocycles. The van der Waals surface area contributed by atoms with E-state index in [9.17, 15) is 9.90 Å². The van der Waals surface area contributed by atoms with Crippen LogP contribution in [0.1, 0.15) is 35.1 Å². The number of hydrogen-bond donors (Lipinski definition) is 1. The van der Waals surface area contributed by atoms with Crippen LogP contribution in [0.15, 0.2) is 24.3 Å². The van der Waals surface area contributed by atoms with Crippen molar-refractivity contribution in [1.29, 1.82) is 0 Å². The molecule has 1 unspecified atom stereocenters. The summed E-state index contributed by atoms with van der Waals surface area (Å²) in [7, 11) is 1.61. The lowest BCUT2D eigenvalue weighted by Crippen LogP contribution is -2.14. The van der Waals surface area contributed by atoms with Gasteiger partial charge in [0.1, 0.15) is 5.75 Å². The second-order valence-electron chi connectivity index (χ2n) is 5.54. The number of carboxylic acids is 1. The number of nitrogens with zero attached hydrogens (tertiary/aromatic N) is 2. The van der Waals surface area contributed by atoms with E-state index in [1.54, 1.807) is 11.8 Å². The topological polar surface area (TPSA) is 64.4 Å². The summed E-state index contributed by atoms with van der Waals surface area (Å²) in [6.45, 7) is 2.15. The Kier molecular flexibility index (Phi) is 3.41. The van der Waals surface area contributed by atoms with Crippen molar-refractivity contribution in [3.63, 3.8) is 0 Å². The van der Waals surface area contributed by atoms with Crippen LogP contribution in [-0.2, 0) is 12.8 Å². The zero-order valence-corrected chi connectivity index (χ0v) is 12.2. The Hall–Kier alpha value is -2.30. The summed E-state index contributed by atoms with van der Waals surface area (Å²) in [5, 5.41) is 13.7. The molecule has 21 heavy (non-hydrogen) atoms. The summed E-state index contributed by atoms with van der Waals surface area (Å²) in [6.07, 6.45) is 2.69. The number of hydrogen-bond acceptors (Lipinski definition) is 3. The Bertz CT molecular complexity index is 691. The Morgan fingerprint density at radius 2 is 2.29 bits per heavy atom. The summed E-state index contributed by atoms with van der Waals surface area (Å²) in [4.78, 5) is 11.4. The third kappa shape index (κ3) is 2.39. The van der Waals surface area contributed by atoms with Crippen molar-refractivity contribution in [2.24, 2.45) is 5.92 Å². The second kappa shape index (κ2) is 5.24. The fourth-order valence-corrected chi connectivity index (χ4v) is 2.92. The van der Waals surface area contributed by atoms with Crippen molar-refractivity contribution in [3.05, 3.63) is 41.2 Å². The van der Waals surface area contributed by atoms with Gasteiger partial charge in [0.2, 0.25) is 0 Å². The van der Waals surface area contributed by atoms with Crippen molar-refractivity contribution >= 4 is 5.97 Å². The van der Waals surface area contributed by atoms with E-state index in [0.717, 1.165) is 42.0 Å². The minimum Gasteiger partial charge on any atom is -0.497 e. The maximum Gasteiger partial charge on any atom is 0.356 e. The molecule has 1 atom stereocenters. The highest BCUT2D eigenvalue weighted by Crippen LogP contribution is 2.30. The Morgan fingerprint density at radius 1 is 1.48 bits per heavy atom. The lowest BCUT2D eigenvalue weighted by molar-refractivity contribution is 0.0688. The standard InChI is InChI=1S/C16H18N2O3/c1-10-6-7-14-13(8-10)15(16(19)20)17-18(14)11-4-3-5-12(9-11)21-2/h3-5,9-10H,6-8H2,1-2H3,(H,19,20). The molecule has 3 rings (SSSR count). The van der Waals surface area contributed by atoms with Crippen LogP contribution in [-0.4, -0.2) is 28.0 Å². The third-order valence-electron chi connectivity index (χ3n) is 4.02. The number of aromatic nitrogens is 2. The average molecular weight is 286 g/mol. The largest absolute Gasteiger partial charge is 0.497 e. The van der Waals surface area contributed by atoms with E-state index in [1.165, 1.54) is 0 Å². The average Bonchev–Trinajstić information content (AvgIpc) is 2.86. The monoisotopic (exact) mass is 286 g/mol. The smallest absolute Gasteiger partial charge is 0.356 e. The number of carbonyl (C=O) groups is 1. The highest BCUT2D eigenvalue weighted by atomic mass is 16.5. The van der Waals surface area contributed by atoms with Crippen LogP contribution in [0.5, 0.6) is 5.75 Å². The number of benzene rings is 1. The second-order valence-corrected chi connectivity index (χ2v) is 5.54. The molecule has 0 aliphatic heterocycles. The Labute approximate surface area is 123 Å². The van der Waals surface area contributed by atoms with Crippen LogP contribution >= 0.6 is 0 Å². The maximum atomic E-state index is 11.4. The predicted molar refractivity (Wildman–Crippen MR) is 78.3 cm³/mol. The normalized spacial score (nSPS) is 17.3. The van der Waals surface area contributed by atoms with Crippen molar-refractivity contribution in [3.8, 4) is 11.4 Å². The maximum absolute atomic E-state index is 11.4. The van der Waals surface area contributed by atoms with E-state index in [2.05, 4.69) is 12.0 Å². The van der Waals surface area contributed by atoms with E-state index < -0.39 is 5.97 Å². The summed E-state index contributed by atoms with van der Waals surface area (Å²) < 4.78 is 6.99. The molecule has 110 valence electrons. The fraction of sp³-hybridized carbons (Fsp3) is 0.375. The zero-order valence-electron chi connectivity index (χ0n) is 12.2. The molecule has 0 saturated heterocycles. The summed E-state index contributed by atoms with van der Waals surface area (Å²) in [5.41, 5.74) is 2.91. The van der Waals surface area contributed by atoms with Crippen LogP contribution in [0.4, 0.5) is 0 Å². The minimum absolute atomic E-state index is 0.180. The summed E-state index contributed by atoms with van der Waals surface area (Å²) in [6, 6.07) is 7.53. The Morgan fingerprint density at radius 3 is 3.00 bits per heavy atom. The van der Waals surface area contributed by atoms with Crippen molar-refractivity contribution in [1.82, 2.24) is 9.78 Å². The van der Waals surface area contributed by atoms with Crippen LogP contribution in [0.3, 0.4) is 0 Å². The van der Waals surface area contributed by atoms with Crippen LogP contribution < -0.4 is 4.74 Å². The molecule has 1 aromatic carbocycles. The molecule has 1 N–H and O–H groups in total. The summed E-state index contributed by atoms with van der Waals surface area (Å²) >= 11 is 0. The first-order chi connectivity index (χ1) is 10.1. The SMILES string of the molecule is COc1cccc(-n2nc(C(=O)O)c3c2CCC(C)C3)c1. The van der Waals surface area contributed by atoms with Gasteiger partial charge in [0.15, 0.2) is 5.69 Å². The number of carboxylic acid groups (broad SMARTS) is 1. The van der Waals surface area contributed by atoms with E-state index in [-0.39, 0.29) is 5.69 Å². The van der Waals surface area contributed by atoms with Gasteiger partial charge in [-0.1, -0.05) is 13.0 Å². The van der Waals surface area contributed by atoms with Crippen molar-refractivity contribution in [2.45, 2.75) is 26.2 Å². The van der Waals surface area contributed by atoms with Crippen LogP contribution in [0.25, 0.3) is 5.69 Å². The zero-order chi connectivity index (χ0) is 15.0. The first kappa shape index (κ1) is 13.7. The minimum atomic E-state index is -0.956. The first-order valence-corrected chi connectivity index (χ1v) is 7.08. The molecular weight excluding hydrogens is 268 g/mol. The van der Waals surface area contributed by atoms with Gasteiger partial charge in [0.25, 0.3) is 0 Å². The van der Waals surface area contributed by atoms with E-state index in [4.69, 9.17) is 4.74 Å². The van der Waals surface area contributed by atoms with Gasteiger partial charge in [0.05, 0.1) is 12.8 Å². The molecule has 0 radical (unpaired) electrons. The molecule has 2 aromatic rings. The quantitative estimate of drug-likeness (QED) is 0.942. The molecule has 1 aliphatic carbocycles. The van der Waals surface area contributed by atoms with E-state index in [0.29, 0.717) is 5.92 Å². The highest BCUT2D eigenvalue weighted by molar-refractivity contribution is 5.87. The highest BCUT2D eigenvalue weighted by Gasteiger charge is 2.27. The fourth-order valence-electron chi connectivity index (χ4n) is 2.92. The van der Waals surface area contributed by atoms with Gasteiger partial charge in [-0.2, -0.15) is 5.10 Å². The van der Waals surface area contributed by atoms with Gasteiger partial charge < -0.3 is 9.84 Å². The molecule has 0 fully saturated rings. The molecule has 0 bridgehead atoms. The molecule has 1 aromatic heterocycles. The third-order valence-corrected chi connectivity index (χ3v) is 4.02. The number of rotatable bonds is 3. The molecule has 5 heteroatoms. The first-order valence-electron chi connectivity index (χ1n) is 7.08. The van der Waals surface area contributed by atoms with Crippen LogP contribution in [0, 0.1) is 5.92 Å². The van der Waals surface area contributed by atoms with Gasteiger partial charge in [-0.25, -0.2) is 9.48 Å². The molecule has 0 spiro atoms. The molecule has 0 amide bonds. The van der Waals surface area contributed by atoms with E-state index in [1.807, 2.05) is 24.3 Å². The predicted octanol–water partition coefficient (Wildman–Crippen LogP) is 2.70. The molecule has 5 nitrogen and oxygen atoms in total. The number of methoxy groups -OCH3 is 1. The van der Waals surface area contributed by atoms with Gasteiger partial charge in [-0.15, -0.1) is 0 Å². The van der Waals surface area contributed by atoms with Gasteiger partial charge in [0, 0.05) is 17.3 Å². The Balaban J connectivity index is 2.14. The van der Waals surface area contributed by atoms with E-state index >= 15 is 0 Å². The number of ether oxygens (including phenoxy) is 1. The molecule has 0 saturated carbocycles. The number of aromatic carboxylic acids is 1. The van der Waals surface area contributed by atoms with Gasteiger partial charge >= 0.3 is 5.97 Å². The summed E-state index contributed by atoms with van der Waals surface area (Å²) in [5.74, 6) is 0.276. The lowest BCUT2D eigenvalue weighted by Gasteiger charge is -2.19. The lowest BCUT2D eigenvalue weighted by atomic mass is 9.87. The van der Waals surface area contributed by atoms with Gasteiger partial charge in [-0.3, -0.25) is 0 Å². The van der Waals surface area contributed by atoms with Crippen LogP contribution in [0.2, 0.25) is 0 Å². The van der Waals surface area contributed by atoms with Gasteiger partial charge in [-0.05, 0) is 37.3 Å². The molecule has 1 aliphatic rings. The molecular formula is C16H18N2O3. The number of fused-ring (bicyclic) bond motifs is 1. The van der Waals surface area contributed by atoms with Crippen molar-refractivity contribution < 1.29 is 14.6 Å². The van der Waals surface area contributed by atoms with Crippen molar-refractivity contribution in [2.75, 3.05) is 7.11 Å².